The molecule has 76 heavy (non-hydrogen) atoms. The summed E-state index contributed by atoms with van der Waals surface area (Å²) in [5.41, 5.74) is 0. The summed E-state index contributed by atoms with van der Waals surface area (Å²) in [5, 5.41) is 230. The highest BCUT2D eigenvalue weighted by Gasteiger charge is 2.59. The molecule has 14 bridgehead atoms. The third kappa shape index (κ3) is 11.7. The summed E-state index contributed by atoms with van der Waals surface area (Å²) in [4.78, 5) is 0. The Kier molecular flexibility index (Phi) is 20.3. The van der Waals surface area contributed by atoms with Crippen molar-refractivity contribution < 1.29 is 174 Å². The predicted octanol–water partition coefficient (Wildman–Crippen LogP) is -15.3. The number of hydrogen-bond donors (Lipinski definition) is 21. The lowest BCUT2D eigenvalue weighted by Crippen LogP contribution is -2.68. The Labute approximate surface area is 428 Å². The molecule has 35 nitrogen and oxygen atoms in total. The zero-order valence-electron chi connectivity index (χ0n) is 39.6. The van der Waals surface area contributed by atoms with E-state index in [9.17, 15) is 107 Å². The number of aliphatic hydroxyl groups excluding tert-OH is 21. The first-order valence-corrected chi connectivity index (χ1v) is 24.2. The minimum absolute atomic E-state index is 1.05. The average Bonchev–Trinajstić information content (AvgIpc) is 3.41. The number of hydrogen-bond acceptors (Lipinski definition) is 35. The van der Waals surface area contributed by atoms with Gasteiger partial charge in [-0.05, 0) is 0 Å². The lowest BCUT2D eigenvalue weighted by molar-refractivity contribution is -0.409. The number of ether oxygens (including phenoxy) is 14. The molecule has 0 aromatic rings. The minimum Gasteiger partial charge on any atom is -0.394 e. The van der Waals surface area contributed by atoms with Gasteiger partial charge in [-0.25, -0.2) is 0 Å². The maximum Gasteiger partial charge on any atom is 0.189 e. The van der Waals surface area contributed by atoms with Crippen molar-refractivity contribution in [1.82, 2.24) is 0 Å². The van der Waals surface area contributed by atoms with Gasteiger partial charge in [0.2, 0.25) is 0 Å². The minimum atomic E-state index is -2.33. The molecule has 35 atom stereocenters. The molecule has 0 aliphatic carbocycles. The topological polar surface area (TPSA) is 554 Å². The van der Waals surface area contributed by atoms with E-state index in [0.29, 0.717) is 0 Å². The van der Waals surface area contributed by atoms with E-state index < -0.39 is 255 Å². The Morgan fingerprint density at radius 2 is 0.316 bits per heavy atom. The Balaban J connectivity index is 1.07. The Bertz CT molecular complexity index is 1800. The quantitative estimate of drug-likeness (QED) is 0.117. The van der Waals surface area contributed by atoms with E-state index in [0.717, 1.165) is 0 Å². The van der Waals surface area contributed by atoms with E-state index in [-0.39, 0.29) is 0 Å². The third-order valence-electron chi connectivity index (χ3n) is 14.5. The predicted molar refractivity (Wildman–Crippen MR) is 224 cm³/mol. The Morgan fingerprint density at radius 1 is 0.171 bits per heavy atom. The lowest BCUT2D eigenvalue weighted by Gasteiger charge is -2.50. The molecule has 0 amide bonds. The molecule has 21 aliphatic rings. The molecule has 21 aliphatic heterocycles. The van der Waals surface area contributed by atoms with Crippen molar-refractivity contribution in [1.29, 1.82) is 0 Å². The lowest BCUT2D eigenvalue weighted by atomic mass is 9.95. The molecular formula is C41H68O35. The summed E-state index contributed by atoms with van der Waals surface area (Å²) in [6.45, 7) is -6.32. The normalized spacial score (nSPS) is 55.9. The van der Waals surface area contributed by atoms with Crippen molar-refractivity contribution in [2.75, 3.05) is 39.6 Å². The number of aliphatic hydroxyl groups is 21. The highest BCUT2D eigenvalue weighted by atomic mass is 16.8. The van der Waals surface area contributed by atoms with Crippen molar-refractivity contribution in [2.45, 2.75) is 215 Å². The van der Waals surface area contributed by atoms with Crippen LogP contribution >= 0.6 is 0 Å². The van der Waals surface area contributed by atoms with Crippen LogP contribution in [0.15, 0.2) is 0 Å². The third-order valence-corrected chi connectivity index (χ3v) is 14.5. The van der Waals surface area contributed by atoms with Crippen molar-refractivity contribution in [3.8, 4) is 0 Å². The molecule has 0 saturated carbocycles. The molecule has 0 aromatic heterocycles. The van der Waals surface area contributed by atoms with Crippen molar-refractivity contribution in [3.63, 3.8) is 0 Å². The van der Waals surface area contributed by atoms with E-state index in [1.54, 1.807) is 0 Å². The van der Waals surface area contributed by atoms with Crippen LogP contribution in [-0.4, -0.2) is 362 Å². The van der Waals surface area contributed by atoms with Crippen LogP contribution in [-0.2, 0) is 66.3 Å². The highest BCUT2D eigenvalue weighted by molar-refractivity contribution is 5.01. The molecular weight excluding hydrogens is 1050 g/mol. The monoisotopic (exact) mass is 1120 g/mol. The van der Waals surface area contributed by atoms with Crippen LogP contribution in [0.3, 0.4) is 0 Å². The van der Waals surface area contributed by atoms with Gasteiger partial charge >= 0.3 is 0 Å². The van der Waals surface area contributed by atoms with E-state index in [1.807, 2.05) is 0 Å². The van der Waals surface area contributed by atoms with Crippen LogP contribution in [0.5, 0.6) is 0 Å². The van der Waals surface area contributed by atoms with Crippen LogP contribution < -0.4 is 0 Å². The van der Waals surface area contributed by atoms with Crippen LogP contribution in [0.2, 0.25) is 0 Å². The maximum atomic E-state index is 11.3. The van der Waals surface area contributed by atoms with Gasteiger partial charge in [-0.3, -0.25) is 0 Å². The van der Waals surface area contributed by atoms with Gasteiger partial charge in [-0.15, -0.1) is 0 Å². The number of rotatable bonds is 6. The summed E-state index contributed by atoms with van der Waals surface area (Å²) in [6.07, 6.45) is -71.6. The van der Waals surface area contributed by atoms with E-state index >= 15 is 0 Å². The first-order valence-electron chi connectivity index (χ1n) is 24.2. The molecule has 35 unspecified atom stereocenters. The molecule has 21 rings (SSSR count). The second kappa shape index (κ2) is 25.4. The molecule has 21 heterocycles. The second-order valence-electron chi connectivity index (χ2n) is 19.3. The van der Waals surface area contributed by atoms with Gasteiger partial charge in [-0.2, -0.15) is 0 Å². The second-order valence-corrected chi connectivity index (χ2v) is 19.3. The van der Waals surface area contributed by atoms with Gasteiger partial charge in [0.05, 0.1) is 39.6 Å². The van der Waals surface area contributed by atoms with Gasteiger partial charge in [0.25, 0.3) is 0 Å². The molecule has 0 aromatic carbocycles. The average molecular weight is 1120 g/mol. The van der Waals surface area contributed by atoms with Gasteiger partial charge < -0.3 is 174 Å². The fourth-order valence-electron chi connectivity index (χ4n) is 10.2. The van der Waals surface area contributed by atoms with Crippen molar-refractivity contribution in [2.24, 2.45) is 0 Å². The summed E-state index contributed by atoms with van der Waals surface area (Å²) >= 11 is 0. The van der Waals surface area contributed by atoms with Crippen LogP contribution in [0.25, 0.3) is 0 Å². The van der Waals surface area contributed by atoms with Gasteiger partial charge in [-0.1, -0.05) is 0 Å². The summed E-state index contributed by atoms with van der Waals surface area (Å²) in [7, 11) is 0. The van der Waals surface area contributed by atoms with Gasteiger partial charge in [0.1, 0.15) is 165 Å². The maximum absolute atomic E-state index is 11.3. The largest absolute Gasteiger partial charge is 0.394 e. The standard InChI is InChI=1S/C41H68O35/c42-1-7-27-14(49)21(56)36(64-7)71-29-9(3-44)66-38(23(58)16(29)51)73-31-11(5-46)68-40(25(60)18(31)53)75-33-19(54)26(61)41(76-34(33)62)74-32-12(6-47)67-39(24(59)17(32)52)72-30-10(4-45)65-37(22(57)15(30)50)70-28-8(2-43)63-35(69-27)20(55)13(28)48/h7-62H,1-6H2. The Morgan fingerprint density at radius 3 is 0.487 bits per heavy atom. The first kappa shape index (κ1) is 60.7. The molecule has 21 N–H and O–H groups in total. The summed E-state index contributed by atoms with van der Waals surface area (Å²) in [5.74, 6) is 0. The fourth-order valence-corrected chi connectivity index (χ4v) is 10.2. The zero-order valence-corrected chi connectivity index (χ0v) is 39.6. The highest BCUT2D eigenvalue weighted by Crippen LogP contribution is 2.38. The van der Waals surface area contributed by atoms with Crippen LogP contribution in [0.4, 0.5) is 0 Å². The van der Waals surface area contributed by atoms with Crippen molar-refractivity contribution in [3.05, 3.63) is 0 Å². The smallest absolute Gasteiger partial charge is 0.189 e. The first-order chi connectivity index (χ1) is 36.1. The van der Waals surface area contributed by atoms with E-state index in [2.05, 4.69) is 0 Å². The zero-order chi connectivity index (χ0) is 55.3. The summed E-state index contributed by atoms with van der Waals surface area (Å²) in [6, 6.07) is 0. The van der Waals surface area contributed by atoms with Crippen LogP contribution in [0.1, 0.15) is 0 Å². The fraction of sp³-hybridized carbons (Fsp3) is 1.00. The molecule has 442 valence electrons. The van der Waals surface area contributed by atoms with Gasteiger partial charge in [0, 0.05) is 0 Å². The molecule has 35 heteroatoms. The molecule has 21 saturated heterocycles. The Hall–Kier alpha value is -1.40. The molecule has 21 fully saturated rings. The molecule has 0 radical (unpaired) electrons. The molecule has 0 spiro atoms. The van der Waals surface area contributed by atoms with Crippen LogP contribution in [0, 0.1) is 0 Å². The van der Waals surface area contributed by atoms with E-state index in [4.69, 9.17) is 66.3 Å². The summed E-state index contributed by atoms with van der Waals surface area (Å²) < 4.78 is 78.6. The SMILES string of the molecule is OCC1OC2OC3C(CO)OC(OC4C(CO)OC(OC5C(CO)OC(OC6C(CO)OC(OC7C(CO)OC(OC8C(O)OC(OC1C(O)C2O)C(O)C8O)C(O)C7O)C(O)C6O)C(O)C5O)C(O)C4O)C(O)C3O. The van der Waals surface area contributed by atoms with E-state index in [1.165, 1.54) is 0 Å². The van der Waals surface area contributed by atoms with Crippen molar-refractivity contribution >= 4 is 0 Å². The van der Waals surface area contributed by atoms with Gasteiger partial charge in [0.15, 0.2) is 50.3 Å².